The maximum Gasteiger partial charge on any atom is 0.272 e. The highest BCUT2D eigenvalue weighted by molar-refractivity contribution is 7.80. The molecule has 1 atom stereocenters. The lowest BCUT2D eigenvalue weighted by Crippen LogP contribution is -2.07. The van der Waals surface area contributed by atoms with Crippen molar-refractivity contribution in [1.82, 2.24) is 19.1 Å². The molecule has 3 aromatic heterocycles. The maximum absolute atomic E-state index is 12.3. The van der Waals surface area contributed by atoms with Crippen LogP contribution in [-0.4, -0.2) is 27.9 Å². The lowest BCUT2D eigenvalue weighted by molar-refractivity contribution is 0.542. The number of nitrogens with one attached hydrogen (secondary N) is 2. The first-order valence-corrected chi connectivity index (χ1v) is 10.6. The van der Waals surface area contributed by atoms with Crippen molar-refractivity contribution in [3.8, 4) is 11.1 Å². The number of imidazole rings is 1. The molecule has 0 aliphatic heterocycles. The smallest absolute Gasteiger partial charge is 0.272 e. The molecule has 3 heterocycles. The molecule has 0 saturated heterocycles. The Bertz CT molecular complexity index is 1500. The normalized spacial score (nSPS) is 12.5. The maximum atomic E-state index is 12.3. The number of hydrogen-bond donors (Lipinski definition) is 2. The van der Waals surface area contributed by atoms with Crippen LogP contribution in [0.25, 0.3) is 33.1 Å². The van der Waals surface area contributed by atoms with Gasteiger partial charge in [-0.3, -0.25) is 9.00 Å². The molecule has 5 rings (SSSR count). The Morgan fingerprint density at radius 2 is 2.00 bits per heavy atom. The van der Waals surface area contributed by atoms with E-state index in [0.717, 1.165) is 27.6 Å². The molecule has 31 heavy (non-hydrogen) atoms. The molecular weight excluding hydrogens is 414 g/mol. The summed E-state index contributed by atoms with van der Waals surface area (Å²) in [6.07, 6.45) is 5.18. The van der Waals surface area contributed by atoms with Crippen LogP contribution in [-0.2, 0) is 24.9 Å². The summed E-state index contributed by atoms with van der Waals surface area (Å²) in [6.45, 7) is 0.593. The van der Waals surface area contributed by atoms with Gasteiger partial charge in [-0.15, -0.1) is 0 Å². The SMILES string of the molecule is Cn1cc(-c2cc(NS(=O)[O-])c3ncn(Cc4ccccc4)c3c2)c2cc[nH]c(=O)c21. The van der Waals surface area contributed by atoms with Crippen molar-refractivity contribution < 1.29 is 8.76 Å². The average Bonchev–Trinajstić information content (AvgIpc) is 3.30. The largest absolute Gasteiger partial charge is 0.755 e. The van der Waals surface area contributed by atoms with Crippen LogP contribution in [0.3, 0.4) is 0 Å². The number of H-pyrrole nitrogens is 1. The molecule has 0 radical (unpaired) electrons. The average molecular weight is 432 g/mol. The molecule has 0 spiro atoms. The molecule has 156 valence electrons. The van der Waals surface area contributed by atoms with Crippen LogP contribution < -0.4 is 10.3 Å². The second-order valence-corrected chi connectivity index (χ2v) is 7.98. The van der Waals surface area contributed by atoms with Gasteiger partial charge in [0.1, 0.15) is 11.0 Å². The number of rotatable bonds is 5. The van der Waals surface area contributed by atoms with Crippen molar-refractivity contribution in [3.05, 3.63) is 83.2 Å². The minimum atomic E-state index is -2.50. The van der Waals surface area contributed by atoms with Gasteiger partial charge in [0.05, 0.1) is 17.5 Å². The first kappa shape index (κ1) is 19.3. The van der Waals surface area contributed by atoms with Crippen LogP contribution in [0.4, 0.5) is 5.69 Å². The summed E-state index contributed by atoms with van der Waals surface area (Å²) in [7, 11) is 1.81. The summed E-state index contributed by atoms with van der Waals surface area (Å²) in [5.41, 5.74) is 4.82. The predicted octanol–water partition coefficient (Wildman–Crippen LogP) is 3.14. The summed E-state index contributed by atoms with van der Waals surface area (Å²) in [4.78, 5) is 19.4. The van der Waals surface area contributed by atoms with Gasteiger partial charge < -0.3 is 23.4 Å². The first-order chi connectivity index (χ1) is 15.0. The third kappa shape index (κ3) is 3.43. The van der Waals surface area contributed by atoms with Crippen LogP contribution in [0.5, 0.6) is 0 Å². The second-order valence-electron chi connectivity index (χ2n) is 7.31. The third-order valence-corrected chi connectivity index (χ3v) is 5.71. The molecule has 2 N–H and O–H groups in total. The minimum absolute atomic E-state index is 0.180. The highest BCUT2D eigenvalue weighted by Crippen LogP contribution is 2.34. The fourth-order valence-electron chi connectivity index (χ4n) is 3.99. The number of fused-ring (bicyclic) bond motifs is 2. The monoisotopic (exact) mass is 432 g/mol. The number of aromatic nitrogens is 4. The zero-order valence-electron chi connectivity index (χ0n) is 16.5. The van der Waals surface area contributed by atoms with Crippen molar-refractivity contribution in [2.75, 3.05) is 4.72 Å². The fraction of sp³-hybridized carbons (Fsp3) is 0.0909. The van der Waals surface area contributed by atoms with Gasteiger partial charge in [0.25, 0.3) is 5.56 Å². The molecule has 1 unspecified atom stereocenters. The summed E-state index contributed by atoms with van der Waals surface area (Å²) < 4.78 is 29.1. The van der Waals surface area contributed by atoms with E-state index in [9.17, 15) is 13.6 Å². The summed E-state index contributed by atoms with van der Waals surface area (Å²) in [6, 6.07) is 15.5. The van der Waals surface area contributed by atoms with Crippen LogP contribution in [0.1, 0.15) is 5.56 Å². The summed E-state index contributed by atoms with van der Waals surface area (Å²) in [5, 5.41) is 0.786. The summed E-state index contributed by atoms with van der Waals surface area (Å²) >= 11 is -2.50. The van der Waals surface area contributed by atoms with Crippen LogP contribution in [0.15, 0.2) is 72.0 Å². The van der Waals surface area contributed by atoms with E-state index >= 15 is 0 Å². The van der Waals surface area contributed by atoms with Gasteiger partial charge in [-0.25, -0.2) is 4.98 Å². The van der Waals surface area contributed by atoms with Crippen molar-refractivity contribution in [2.45, 2.75) is 6.54 Å². The van der Waals surface area contributed by atoms with E-state index in [-0.39, 0.29) is 5.56 Å². The van der Waals surface area contributed by atoms with E-state index < -0.39 is 11.3 Å². The number of pyridine rings is 1. The Kier molecular flexibility index (Phi) is 4.68. The molecule has 9 heteroatoms. The van der Waals surface area contributed by atoms with Gasteiger partial charge >= 0.3 is 0 Å². The first-order valence-electron chi connectivity index (χ1n) is 9.57. The van der Waals surface area contributed by atoms with E-state index in [1.165, 1.54) is 0 Å². The number of nitrogens with zero attached hydrogens (tertiary/aromatic N) is 3. The van der Waals surface area contributed by atoms with Gasteiger partial charge in [-0.05, 0) is 29.3 Å². The van der Waals surface area contributed by atoms with Crippen molar-refractivity contribution in [1.29, 1.82) is 0 Å². The van der Waals surface area contributed by atoms with Gasteiger partial charge in [0.15, 0.2) is 0 Å². The molecule has 2 aromatic carbocycles. The lowest BCUT2D eigenvalue weighted by atomic mass is 10.0. The highest BCUT2D eigenvalue weighted by atomic mass is 32.2. The Morgan fingerprint density at radius 3 is 2.77 bits per heavy atom. The van der Waals surface area contributed by atoms with E-state index in [1.807, 2.05) is 60.3 Å². The van der Waals surface area contributed by atoms with Crippen molar-refractivity contribution in [2.24, 2.45) is 7.05 Å². The molecular formula is C22H18N5O3S-. The lowest BCUT2D eigenvalue weighted by Gasteiger charge is -2.12. The van der Waals surface area contributed by atoms with E-state index in [0.29, 0.717) is 23.3 Å². The second kappa shape index (κ2) is 7.53. The zero-order valence-corrected chi connectivity index (χ0v) is 17.3. The summed E-state index contributed by atoms with van der Waals surface area (Å²) in [5.74, 6) is 0. The number of hydrogen-bond acceptors (Lipinski definition) is 4. The molecule has 0 aliphatic carbocycles. The van der Waals surface area contributed by atoms with Gasteiger partial charge in [-0.2, -0.15) is 0 Å². The number of anilines is 1. The Balaban J connectivity index is 1.74. The number of aromatic amines is 1. The Hall–Kier alpha value is -3.69. The van der Waals surface area contributed by atoms with Gasteiger partial charge in [0, 0.05) is 48.2 Å². The Labute approximate surface area is 179 Å². The van der Waals surface area contributed by atoms with E-state index in [1.54, 1.807) is 23.2 Å². The molecule has 0 amide bonds. The molecule has 0 aliphatic rings. The van der Waals surface area contributed by atoms with Crippen molar-refractivity contribution in [3.63, 3.8) is 0 Å². The van der Waals surface area contributed by atoms with Crippen LogP contribution in [0, 0.1) is 0 Å². The topological polar surface area (TPSA) is 108 Å². The van der Waals surface area contributed by atoms with Crippen molar-refractivity contribution >= 4 is 38.9 Å². The molecule has 0 fully saturated rings. The predicted molar refractivity (Wildman–Crippen MR) is 120 cm³/mol. The number of benzene rings is 2. The standard InChI is InChI=1S/C22H19N5O3S/c1-26-12-17(16-7-8-23-22(28)21(16)26)15-9-18(25-31(29)30)20-19(10-15)27(13-24-20)11-14-5-3-2-4-6-14/h2-10,12-13,25H,11H2,1H3,(H,23,28)(H,29,30)/p-1. The van der Waals surface area contributed by atoms with Gasteiger partial charge in [-0.1, -0.05) is 30.3 Å². The highest BCUT2D eigenvalue weighted by Gasteiger charge is 2.16. The molecule has 8 nitrogen and oxygen atoms in total. The van der Waals surface area contributed by atoms with Gasteiger partial charge in [0.2, 0.25) is 0 Å². The van der Waals surface area contributed by atoms with E-state index in [2.05, 4.69) is 14.7 Å². The fourth-order valence-corrected chi connectivity index (χ4v) is 4.32. The van der Waals surface area contributed by atoms with Crippen LogP contribution >= 0.6 is 0 Å². The number of aryl methyl sites for hydroxylation is 1. The quantitative estimate of drug-likeness (QED) is 0.416. The molecule has 0 bridgehead atoms. The molecule has 0 saturated carbocycles. The third-order valence-electron chi connectivity index (χ3n) is 5.33. The Morgan fingerprint density at radius 1 is 1.19 bits per heavy atom. The molecule has 5 aromatic rings. The minimum Gasteiger partial charge on any atom is -0.755 e. The zero-order chi connectivity index (χ0) is 21.5. The van der Waals surface area contributed by atoms with E-state index in [4.69, 9.17) is 0 Å². The van der Waals surface area contributed by atoms with Crippen LogP contribution in [0.2, 0.25) is 0 Å².